The van der Waals surface area contributed by atoms with Gasteiger partial charge in [0.05, 0.1) is 5.41 Å². The number of hydrogen-bond acceptors (Lipinski definition) is 1. The van der Waals surface area contributed by atoms with Crippen molar-refractivity contribution in [1.82, 2.24) is 0 Å². The second-order valence-electron chi connectivity index (χ2n) is 14.5. The third-order valence-electron chi connectivity index (χ3n) is 11.8. The molecule has 1 aliphatic carbocycles. The van der Waals surface area contributed by atoms with Gasteiger partial charge < -0.3 is 5.11 Å². The maximum absolute atomic E-state index is 15.4. The van der Waals surface area contributed by atoms with E-state index in [4.69, 9.17) is 0 Å². The zero-order chi connectivity index (χ0) is 37.1. The molecule has 8 aromatic carbocycles. The Balaban J connectivity index is 1.69. The molecule has 1 heteroatoms. The van der Waals surface area contributed by atoms with Crippen LogP contribution in [0, 0.1) is 0 Å². The molecule has 1 aliphatic rings. The first-order chi connectivity index (χ1) is 27.2. The zero-order valence-corrected chi connectivity index (χ0v) is 30.6. The maximum atomic E-state index is 15.4. The molecule has 0 amide bonds. The Kier molecular flexibility index (Phi) is 8.94. The second-order valence-corrected chi connectivity index (χ2v) is 14.5. The maximum Gasteiger partial charge on any atom is 0.130 e. The number of allylic oxidation sites excluding steroid dienone is 1. The zero-order valence-electron chi connectivity index (χ0n) is 30.6. The van der Waals surface area contributed by atoms with Crippen LogP contribution < -0.4 is 0 Å². The van der Waals surface area contributed by atoms with Gasteiger partial charge in [-0.25, -0.2) is 0 Å². The molecule has 8 aromatic rings. The molecule has 9 rings (SSSR count). The van der Waals surface area contributed by atoms with Gasteiger partial charge in [-0.15, -0.1) is 0 Å². The van der Waals surface area contributed by atoms with E-state index in [1.54, 1.807) is 0 Å². The van der Waals surface area contributed by atoms with Crippen LogP contribution in [0.3, 0.4) is 0 Å². The van der Waals surface area contributed by atoms with Crippen LogP contribution in [-0.4, -0.2) is 5.11 Å². The monoisotopic (exact) mass is 706 g/mol. The third-order valence-corrected chi connectivity index (χ3v) is 11.8. The van der Waals surface area contributed by atoms with E-state index in [0.29, 0.717) is 0 Å². The molecule has 55 heavy (non-hydrogen) atoms. The Labute approximate surface area is 324 Å². The van der Waals surface area contributed by atoms with E-state index in [0.717, 1.165) is 55.7 Å². The van der Waals surface area contributed by atoms with Gasteiger partial charge in [0.2, 0.25) is 0 Å². The quantitative estimate of drug-likeness (QED) is 0.167. The summed E-state index contributed by atoms with van der Waals surface area (Å²) in [5, 5.41) is 15.4. The van der Waals surface area contributed by atoms with Gasteiger partial charge in [-0.1, -0.05) is 243 Å². The Bertz CT molecular complexity index is 2420. The minimum atomic E-state index is -1.68. The van der Waals surface area contributed by atoms with Crippen LogP contribution in [0.15, 0.2) is 243 Å². The summed E-state index contributed by atoms with van der Waals surface area (Å²) in [5.41, 5.74) is 6.37. The molecule has 2 atom stereocenters. The molecule has 0 spiro atoms. The molecule has 0 aromatic heterocycles. The highest BCUT2D eigenvalue weighted by atomic mass is 16.3. The Morgan fingerprint density at radius 1 is 0.309 bits per heavy atom. The summed E-state index contributed by atoms with van der Waals surface area (Å²) in [4.78, 5) is 0. The highest BCUT2D eigenvalue weighted by Gasteiger charge is 2.73. The van der Waals surface area contributed by atoms with Crippen molar-refractivity contribution < 1.29 is 5.11 Å². The molecule has 0 aliphatic heterocycles. The predicted molar refractivity (Wildman–Crippen MR) is 227 cm³/mol. The normalized spacial score (nSPS) is 18.7. The summed E-state index contributed by atoms with van der Waals surface area (Å²) in [6, 6.07) is 86.3. The van der Waals surface area contributed by atoms with E-state index >= 15 is 5.11 Å². The van der Waals surface area contributed by atoms with Crippen molar-refractivity contribution in [2.45, 2.75) is 22.3 Å². The minimum absolute atomic E-state index is 0.319. The number of rotatable bonds is 8. The molecular weight excluding hydrogens is 665 g/mol. The highest BCUT2D eigenvalue weighted by Crippen LogP contribution is 2.74. The lowest BCUT2D eigenvalue weighted by Crippen LogP contribution is -2.68. The van der Waals surface area contributed by atoms with Crippen molar-refractivity contribution in [2.75, 3.05) is 0 Å². The van der Waals surface area contributed by atoms with Gasteiger partial charge in [-0.05, 0) is 50.1 Å². The fourth-order valence-corrected chi connectivity index (χ4v) is 10.00. The van der Waals surface area contributed by atoms with E-state index in [2.05, 4.69) is 237 Å². The summed E-state index contributed by atoms with van der Waals surface area (Å²) in [6.45, 7) is 0. The standard InChI is InChI=1S/C54H42O/c55-54(48-39-23-8-24-40-48)51(43-29-13-3-14-30-43)49(41-25-9-1-10-26-41)50(42-27-11-2-12-28-42)52(44-31-15-4-16-32-44,45-33-17-5-18-34-45)53(54,46-35-19-6-20-36-46)47-37-21-7-22-38-47/h1-40,50,55H. The molecule has 264 valence electrons. The number of hydrogen-bond donors (Lipinski definition) is 1. The van der Waals surface area contributed by atoms with Gasteiger partial charge in [0, 0.05) is 16.9 Å². The van der Waals surface area contributed by atoms with E-state index in [1.807, 2.05) is 6.07 Å². The van der Waals surface area contributed by atoms with Crippen molar-refractivity contribution in [2.24, 2.45) is 0 Å². The molecule has 1 nitrogen and oxygen atoms in total. The van der Waals surface area contributed by atoms with Crippen molar-refractivity contribution >= 4 is 11.1 Å². The molecule has 0 saturated heterocycles. The third kappa shape index (κ3) is 5.19. The Morgan fingerprint density at radius 2 is 0.618 bits per heavy atom. The van der Waals surface area contributed by atoms with E-state index in [-0.39, 0.29) is 5.92 Å². The van der Waals surface area contributed by atoms with Crippen LogP contribution in [0.5, 0.6) is 0 Å². The van der Waals surface area contributed by atoms with Gasteiger partial charge in [0.15, 0.2) is 0 Å². The second kappa shape index (κ2) is 14.4. The Morgan fingerprint density at radius 3 is 1.02 bits per heavy atom. The first-order valence-electron chi connectivity index (χ1n) is 19.1. The van der Waals surface area contributed by atoms with Crippen molar-refractivity contribution in [3.05, 3.63) is 287 Å². The number of benzene rings is 8. The average Bonchev–Trinajstić information content (AvgIpc) is 3.28. The lowest BCUT2D eigenvalue weighted by molar-refractivity contribution is -0.0149. The van der Waals surface area contributed by atoms with Gasteiger partial charge in [-0.3, -0.25) is 0 Å². The van der Waals surface area contributed by atoms with E-state index in [1.165, 1.54) is 0 Å². The van der Waals surface area contributed by atoms with Gasteiger partial charge in [-0.2, -0.15) is 0 Å². The van der Waals surface area contributed by atoms with Crippen LogP contribution in [-0.2, 0) is 16.4 Å². The first-order valence-corrected chi connectivity index (χ1v) is 19.1. The van der Waals surface area contributed by atoms with Crippen LogP contribution in [0.2, 0.25) is 0 Å². The molecular formula is C54H42O. The van der Waals surface area contributed by atoms with Gasteiger partial charge in [0.25, 0.3) is 0 Å². The molecule has 0 heterocycles. The van der Waals surface area contributed by atoms with Crippen molar-refractivity contribution in [3.8, 4) is 0 Å². The lowest BCUT2D eigenvalue weighted by Gasteiger charge is -2.66. The largest absolute Gasteiger partial charge is 0.379 e. The number of aliphatic hydroxyl groups is 1. The summed E-state index contributed by atoms with van der Waals surface area (Å²) < 4.78 is 0. The fourth-order valence-electron chi connectivity index (χ4n) is 10.00. The Hall–Kier alpha value is -6.54. The predicted octanol–water partition coefficient (Wildman–Crippen LogP) is 12.3. The summed E-state index contributed by atoms with van der Waals surface area (Å²) in [6.07, 6.45) is 0. The highest BCUT2D eigenvalue weighted by molar-refractivity contribution is 6.02. The van der Waals surface area contributed by atoms with Crippen LogP contribution in [0.1, 0.15) is 50.4 Å². The van der Waals surface area contributed by atoms with Crippen molar-refractivity contribution in [3.63, 3.8) is 0 Å². The molecule has 0 saturated carbocycles. The smallest absolute Gasteiger partial charge is 0.130 e. The van der Waals surface area contributed by atoms with Crippen molar-refractivity contribution in [1.29, 1.82) is 0 Å². The molecule has 0 fully saturated rings. The summed E-state index contributed by atoms with van der Waals surface area (Å²) >= 11 is 0. The lowest BCUT2D eigenvalue weighted by atomic mass is 9.35. The van der Waals surface area contributed by atoms with Crippen LogP contribution in [0.25, 0.3) is 11.1 Å². The molecule has 2 unspecified atom stereocenters. The average molecular weight is 707 g/mol. The van der Waals surface area contributed by atoms with E-state index in [9.17, 15) is 0 Å². The fraction of sp³-hybridized carbons (Fsp3) is 0.0741. The molecule has 1 N–H and O–H groups in total. The molecule has 0 radical (unpaired) electrons. The van der Waals surface area contributed by atoms with Gasteiger partial charge in [0.1, 0.15) is 5.60 Å². The van der Waals surface area contributed by atoms with Crippen LogP contribution >= 0.6 is 0 Å². The minimum Gasteiger partial charge on any atom is -0.379 e. The van der Waals surface area contributed by atoms with Gasteiger partial charge >= 0.3 is 0 Å². The van der Waals surface area contributed by atoms with Crippen LogP contribution in [0.4, 0.5) is 0 Å². The summed E-state index contributed by atoms with van der Waals surface area (Å²) in [5.74, 6) is -0.319. The topological polar surface area (TPSA) is 20.2 Å². The SMILES string of the molecule is OC1(c2ccccc2)C(c2ccccc2)=C(c2ccccc2)C(c2ccccc2)C(c2ccccc2)(c2ccccc2)C1(c1ccccc1)c1ccccc1. The summed E-state index contributed by atoms with van der Waals surface area (Å²) in [7, 11) is 0. The first kappa shape index (κ1) is 34.2. The van der Waals surface area contributed by atoms with E-state index < -0.39 is 16.4 Å². The molecule has 0 bridgehead atoms.